The minimum absolute atomic E-state index is 0.126. The molecule has 0 saturated carbocycles. The van der Waals surface area contributed by atoms with E-state index in [2.05, 4.69) is 39.0 Å². The second kappa shape index (κ2) is 8.14. The minimum Gasteiger partial charge on any atom is -0.371 e. The third kappa shape index (κ3) is 4.81. The summed E-state index contributed by atoms with van der Waals surface area (Å²) in [6, 6.07) is 3.91. The molecule has 0 bridgehead atoms. The molecule has 1 amide bonds. The summed E-state index contributed by atoms with van der Waals surface area (Å²) >= 11 is 0. The number of amides is 1. The lowest BCUT2D eigenvalue weighted by atomic mass is 9.97. The van der Waals surface area contributed by atoms with Gasteiger partial charge in [-0.05, 0) is 36.8 Å². The Morgan fingerprint density at radius 2 is 2.36 bits per heavy atom. The van der Waals surface area contributed by atoms with Crippen molar-refractivity contribution in [3.05, 3.63) is 42.2 Å². The molecule has 6 heteroatoms. The zero-order chi connectivity index (χ0) is 17.6. The van der Waals surface area contributed by atoms with Crippen molar-refractivity contribution in [3.8, 4) is 0 Å². The first-order valence-electron chi connectivity index (χ1n) is 9.08. The normalized spacial score (nSPS) is 17.2. The van der Waals surface area contributed by atoms with E-state index in [0.717, 1.165) is 42.7 Å². The van der Waals surface area contributed by atoms with Gasteiger partial charge in [0.05, 0.1) is 6.33 Å². The molecule has 1 aliphatic heterocycles. The molecule has 3 rings (SSSR count). The molecular formula is C19H27N5O. The smallest absolute Gasteiger partial charge is 0.269 e. The molecule has 1 atom stereocenters. The zero-order valence-corrected chi connectivity index (χ0v) is 15.0. The van der Waals surface area contributed by atoms with Crippen LogP contribution in [0.2, 0.25) is 0 Å². The average Bonchev–Trinajstić information content (AvgIpc) is 3.26. The first kappa shape index (κ1) is 17.5. The topological polar surface area (TPSA) is 73.9 Å². The molecule has 0 aliphatic carbocycles. The number of nitrogens with zero attached hydrogens (tertiary/aromatic N) is 3. The summed E-state index contributed by atoms with van der Waals surface area (Å²) in [5.74, 6) is 1.36. The first-order valence-corrected chi connectivity index (χ1v) is 9.08. The van der Waals surface area contributed by atoms with Gasteiger partial charge in [0.2, 0.25) is 0 Å². The molecule has 25 heavy (non-hydrogen) atoms. The molecule has 1 fully saturated rings. The van der Waals surface area contributed by atoms with Crippen molar-refractivity contribution in [2.24, 2.45) is 11.8 Å². The zero-order valence-electron chi connectivity index (χ0n) is 15.0. The molecule has 0 spiro atoms. The molecule has 2 aromatic heterocycles. The van der Waals surface area contributed by atoms with Gasteiger partial charge in [-0.25, -0.2) is 4.98 Å². The molecule has 2 aromatic rings. The molecule has 1 aliphatic rings. The number of anilines is 1. The van der Waals surface area contributed by atoms with Crippen molar-refractivity contribution in [1.29, 1.82) is 0 Å². The fraction of sp³-hybridized carbons (Fsp3) is 0.526. The van der Waals surface area contributed by atoms with E-state index in [1.54, 1.807) is 18.7 Å². The summed E-state index contributed by atoms with van der Waals surface area (Å²) in [6.45, 7) is 7.25. The van der Waals surface area contributed by atoms with E-state index in [1.165, 1.54) is 12.8 Å². The second-order valence-electron chi connectivity index (χ2n) is 7.21. The highest BCUT2D eigenvalue weighted by molar-refractivity contribution is 5.93. The van der Waals surface area contributed by atoms with E-state index in [9.17, 15) is 4.79 Å². The second-order valence-corrected chi connectivity index (χ2v) is 7.21. The highest BCUT2D eigenvalue weighted by Gasteiger charge is 2.24. The Balaban J connectivity index is 1.55. The van der Waals surface area contributed by atoms with Crippen LogP contribution in [0, 0.1) is 11.8 Å². The number of rotatable bonds is 7. The Morgan fingerprint density at radius 1 is 1.48 bits per heavy atom. The van der Waals surface area contributed by atoms with Gasteiger partial charge in [-0.3, -0.25) is 9.78 Å². The summed E-state index contributed by atoms with van der Waals surface area (Å²) in [7, 11) is 0. The van der Waals surface area contributed by atoms with Gasteiger partial charge in [-0.1, -0.05) is 13.8 Å². The predicted molar refractivity (Wildman–Crippen MR) is 98.6 cm³/mol. The van der Waals surface area contributed by atoms with Gasteiger partial charge in [0.15, 0.2) is 0 Å². The van der Waals surface area contributed by atoms with Crippen molar-refractivity contribution < 1.29 is 4.79 Å². The van der Waals surface area contributed by atoms with Crippen LogP contribution in [0.5, 0.6) is 0 Å². The molecule has 6 nitrogen and oxygen atoms in total. The van der Waals surface area contributed by atoms with E-state index >= 15 is 0 Å². The fourth-order valence-electron chi connectivity index (χ4n) is 3.49. The SMILES string of the molecule is CC(C)C[C@H]1CCN(c2ccnc(C(=O)NCCc3cnc[nH]3)c2)C1. The van der Waals surface area contributed by atoms with Crippen LogP contribution in [0.25, 0.3) is 0 Å². The Bertz CT molecular complexity index is 683. The number of imidazole rings is 1. The third-order valence-electron chi connectivity index (χ3n) is 4.67. The molecule has 1 saturated heterocycles. The van der Waals surface area contributed by atoms with E-state index in [4.69, 9.17) is 0 Å². The van der Waals surface area contributed by atoms with Gasteiger partial charge in [-0.2, -0.15) is 0 Å². The van der Waals surface area contributed by atoms with E-state index in [1.807, 2.05) is 12.1 Å². The summed E-state index contributed by atoms with van der Waals surface area (Å²) < 4.78 is 0. The number of carbonyl (C=O) groups excluding carboxylic acids is 1. The summed E-state index contributed by atoms with van der Waals surface area (Å²) in [5, 5.41) is 2.92. The van der Waals surface area contributed by atoms with Crippen molar-refractivity contribution >= 4 is 11.6 Å². The number of hydrogen-bond donors (Lipinski definition) is 2. The lowest BCUT2D eigenvalue weighted by Crippen LogP contribution is -2.27. The van der Waals surface area contributed by atoms with E-state index in [-0.39, 0.29) is 5.91 Å². The van der Waals surface area contributed by atoms with Gasteiger partial charge in [0.1, 0.15) is 5.69 Å². The fourth-order valence-corrected chi connectivity index (χ4v) is 3.49. The molecule has 0 radical (unpaired) electrons. The lowest BCUT2D eigenvalue weighted by molar-refractivity contribution is 0.0949. The third-order valence-corrected chi connectivity index (χ3v) is 4.67. The first-order chi connectivity index (χ1) is 12.1. The van der Waals surface area contributed by atoms with Crippen LogP contribution in [-0.2, 0) is 6.42 Å². The van der Waals surface area contributed by atoms with Gasteiger partial charge in [0, 0.05) is 49.8 Å². The monoisotopic (exact) mass is 341 g/mol. The van der Waals surface area contributed by atoms with Crippen LogP contribution in [0.4, 0.5) is 5.69 Å². The number of nitrogens with one attached hydrogen (secondary N) is 2. The largest absolute Gasteiger partial charge is 0.371 e. The Labute approximate surface area is 149 Å². The van der Waals surface area contributed by atoms with Gasteiger partial charge < -0.3 is 15.2 Å². The van der Waals surface area contributed by atoms with Crippen LogP contribution >= 0.6 is 0 Å². The maximum Gasteiger partial charge on any atom is 0.269 e. The number of aromatic nitrogens is 3. The Hall–Kier alpha value is -2.37. The molecule has 2 N–H and O–H groups in total. The van der Waals surface area contributed by atoms with Gasteiger partial charge >= 0.3 is 0 Å². The number of H-pyrrole nitrogens is 1. The van der Waals surface area contributed by atoms with E-state index < -0.39 is 0 Å². The number of hydrogen-bond acceptors (Lipinski definition) is 4. The van der Waals surface area contributed by atoms with Crippen molar-refractivity contribution in [1.82, 2.24) is 20.3 Å². The van der Waals surface area contributed by atoms with Crippen LogP contribution in [0.15, 0.2) is 30.9 Å². The van der Waals surface area contributed by atoms with Crippen molar-refractivity contribution in [3.63, 3.8) is 0 Å². The number of carbonyl (C=O) groups is 1. The van der Waals surface area contributed by atoms with Crippen LogP contribution < -0.4 is 10.2 Å². The average molecular weight is 341 g/mol. The summed E-state index contributed by atoms with van der Waals surface area (Å²) in [6.07, 6.45) is 8.37. The van der Waals surface area contributed by atoms with E-state index in [0.29, 0.717) is 12.2 Å². The van der Waals surface area contributed by atoms with Crippen molar-refractivity contribution in [2.45, 2.75) is 33.1 Å². The maximum atomic E-state index is 12.3. The highest BCUT2D eigenvalue weighted by Crippen LogP contribution is 2.27. The maximum absolute atomic E-state index is 12.3. The summed E-state index contributed by atoms with van der Waals surface area (Å²) in [5.41, 5.74) is 2.59. The van der Waals surface area contributed by atoms with Gasteiger partial charge in [-0.15, -0.1) is 0 Å². The molecule has 3 heterocycles. The van der Waals surface area contributed by atoms with Crippen LogP contribution in [0.1, 0.15) is 42.9 Å². The molecule has 134 valence electrons. The molecule has 0 unspecified atom stereocenters. The Morgan fingerprint density at radius 3 is 3.12 bits per heavy atom. The molecule has 0 aromatic carbocycles. The number of pyridine rings is 1. The quantitative estimate of drug-likeness (QED) is 0.812. The van der Waals surface area contributed by atoms with Crippen LogP contribution in [-0.4, -0.2) is 40.5 Å². The van der Waals surface area contributed by atoms with Crippen molar-refractivity contribution in [2.75, 3.05) is 24.5 Å². The standard InChI is InChI=1S/C19H27N5O/c1-14(2)9-15-5-8-24(12-15)17-4-7-21-18(10-17)19(25)22-6-3-16-11-20-13-23-16/h4,7,10-11,13-15H,3,5-6,8-9,12H2,1-2H3,(H,20,23)(H,22,25)/t15-/m1/s1. The summed E-state index contributed by atoms with van der Waals surface area (Å²) in [4.78, 5) is 25.9. The highest BCUT2D eigenvalue weighted by atomic mass is 16.1. The van der Waals surface area contributed by atoms with Crippen LogP contribution in [0.3, 0.4) is 0 Å². The molecular weight excluding hydrogens is 314 g/mol. The minimum atomic E-state index is -0.126. The number of aromatic amines is 1. The Kier molecular flexibility index (Phi) is 5.68. The van der Waals surface area contributed by atoms with Gasteiger partial charge in [0.25, 0.3) is 5.91 Å². The lowest BCUT2D eigenvalue weighted by Gasteiger charge is -2.19. The predicted octanol–water partition coefficient (Wildman–Crippen LogP) is 2.65.